The fourth-order valence-electron chi connectivity index (χ4n) is 3.22. The number of rotatable bonds is 5. The summed E-state index contributed by atoms with van der Waals surface area (Å²) < 4.78 is 13.6. The van der Waals surface area contributed by atoms with Crippen LogP contribution in [-0.2, 0) is 9.53 Å². The maximum Gasteiger partial charge on any atom is 0.250 e. The van der Waals surface area contributed by atoms with E-state index in [1.165, 1.54) is 17.4 Å². The molecule has 1 saturated heterocycles. The molecule has 0 radical (unpaired) electrons. The Labute approximate surface area is 195 Å². The Kier molecular flexibility index (Phi) is 6.72. The van der Waals surface area contributed by atoms with Gasteiger partial charge in [0.25, 0.3) is 0 Å². The average Bonchev–Trinajstić information content (AvgIpc) is 3.14. The van der Waals surface area contributed by atoms with Gasteiger partial charge >= 0.3 is 0 Å². The molecule has 0 aliphatic carbocycles. The highest BCUT2D eigenvalue weighted by Gasteiger charge is 2.13. The van der Waals surface area contributed by atoms with Crippen molar-refractivity contribution in [3.8, 4) is 5.75 Å². The Morgan fingerprint density at radius 1 is 1.27 bits per heavy atom. The van der Waals surface area contributed by atoms with Gasteiger partial charge in [-0.3, -0.25) is 10.1 Å². The zero-order chi connectivity index (χ0) is 21.1. The predicted molar refractivity (Wildman–Crippen MR) is 129 cm³/mol. The molecule has 1 aliphatic rings. The monoisotopic (exact) mass is 551 g/mol. The highest BCUT2D eigenvalue weighted by molar-refractivity contribution is 9.11. The van der Waals surface area contributed by atoms with Gasteiger partial charge in [0, 0.05) is 34.9 Å². The summed E-state index contributed by atoms with van der Waals surface area (Å²) in [7, 11) is 1.59. The molecule has 2 heterocycles. The van der Waals surface area contributed by atoms with Crippen LogP contribution >= 0.6 is 43.2 Å². The van der Waals surface area contributed by atoms with Crippen molar-refractivity contribution < 1.29 is 14.3 Å². The number of carbonyl (C=O) groups excluding carboxylic acids is 1. The van der Waals surface area contributed by atoms with Gasteiger partial charge in [0.1, 0.15) is 5.75 Å². The van der Waals surface area contributed by atoms with Crippen molar-refractivity contribution in [1.29, 1.82) is 0 Å². The topological polar surface area (TPSA) is 63.7 Å². The third-order valence-corrected chi connectivity index (χ3v) is 6.61. The molecule has 1 aliphatic heterocycles. The molecular weight excluding hydrogens is 534 g/mol. The van der Waals surface area contributed by atoms with E-state index in [-0.39, 0.29) is 5.91 Å². The molecule has 1 aromatic heterocycles. The van der Waals surface area contributed by atoms with Crippen LogP contribution < -0.4 is 15.0 Å². The van der Waals surface area contributed by atoms with Gasteiger partial charge in [-0.2, -0.15) is 0 Å². The summed E-state index contributed by atoms with van der Waals surface area (Å²) in [6.45, 7) is 3.25. The van der Waals surface area contributed by atoms with Gasteiger partial charge in [-0.05, 0) is 52.3 Å². The number of fused-ring (bicyclic) bond motifs is 1. The number of nitrogens with one attached hydrogen (secondary N) is 1. The van der Waals surface area contributed by atoms with Crippen molar-refractivity contribution in [2.24, 2.45) is 0 Å². The third kappa shape index (κ3) is 4.85. The van der Waals surface area contributed by atoms with Crippen molar-refractivity contribution in [3.63, 3.8) is 0 Å². The van der Waals surface area contributed by atoms with E-state index in [4.69, 9.17) is 9.47 Å². The van der Waals surface area contributed by atoms with Gasteiger partial charge in [0.2, 0.25) is 5.91 Å². The van der Waals surface area contributed by atoms with Crippen LogP contribution in [-0.4, -0.2) is 44.3 Å². The number of anilines is 2. The lowest BCUT2D eigenvalue weighted by molar-refractivity contribution is -0.111. The summed E-state index contributed by atoms with van der Waals surface area (Å²) in [5.41, 5.74) is 2.81. The van der Waals surface area contributed by atoms with E-state index >= 15 is 0 Å². The van der Waals surface area contributed by atoms with E-state index < -0.39 is 0 Å². The Bertz CT molecular complexity index is 1110. The first kappa shape index (κ1) is 21.3. The molecule has 1 amide bonds. The first-order valence-corrected chi connectivity index (χ1v) is 11.7. The Hall–Kier alpha value is -1.94. The second-order valence-electron chi connectivity index (χ2n) is 6.60. The Morgan fingerprint density at radius 2 is 2.07 bits per heavy atom. The van der Waals surface area contributed by atoms with E-state index in [2.05, 4.69) is 59.2 Å². The molecule has 9 heteroatoms. The smallest absolute Gasteiger partial charge is 0.250 e. The lowest BCUT2D eigenvalue weighted by Gasteiger charge is -2.28. The lowest BCUT2D eigenvalue weighted by Crippen LogP contribution is -2.36. The normalized spacial score (nSPS) is 14.4. The lowest BCUT2D eigenvalue weighted by atomic mass is 10.2. The molecule has 0 unspecified atom stereocenters. The number of hydrogen-bond donors (Lipinski definition) is 1. The van der Waals surface area contributed by atoms with Gasteiger partial charge in [0.15, 0.2) is 5.13 Å². The predicted octanol–water partition coefficient (Wildman–Crippen LogP) is 5.32. The van der Waals surface area contributed by atoms with Gasteiger partial charge in [-0.1, -0.05) is 27.3 Å². The van der Waals surface area contributed by atoms with E-state index in [1.807, 2.05) is 18.2 Å². The Balaban J connectivity index is 1.49. The van der Waals surface area contributed by atoms with Crippen molar-refractivity contribution >= 4 is 76.2 Å². The number of thiazole rings is 1. The summed E-state index contributed by atoms with van der Waals surface area (Å²) in [6.07, 6.45) is 3.19. The number of carbonyl (C=O) groups is 1. The number of benzene rings is 2. The molecule has 6 nitrogen and oxygen atoms in total. The minimum absolute atomic E-state index is 0.249. The number of aromatic nitrogens is 1. The molecule has 0 saturated carbocycles. The van der Waals surface area contributed by atoms with Gasteiger partial charge in [-0.25, -0.2) is 4.98 Å². The van der Waals surface area contributed by atoms with Crippen LogP contribution in [0.2, 0.25) is 0 Å². The molecular formula is C21H19Br2N3O3S. The number of nitrogens with zero attached hydrogens (tertiary/aromatic N) is 2. The Morgan fingerprint density at radius 3 is 2.83 bits per heavy atom. The van der Waals surface area contributed by atoms with Crippen LogP contribution in [0.15, 0.2) is 45.4 Å². The number of hydrogen-bond acceptors (Lipinski definition) is 6. The summed E-state index contributed by atoms with van der Waals surface area (Å²) in [5, 5.41) is 3.42. The van der Waals surface area contributed by atoms with E-state index in [9.17, 15) is 4.79 Å². The second-order valence-corrected chi connectivity index (χ2v) is 9.40. The number of halogens is 2. The summed E-state index contributed by atoms with van der Waals surface area (Å²) in [4.78, 5) is 19.3. The summed E-state index contributed by atoms with van der Waals surface area (Å²) in [6, 6.07) is 9.96. The van der Waals surface area contributed by atoms with Crippen LogP contribution in [0.1, 0.15) is 5.56 Å². The largest absolute Gasteiger partial charge is 0.495 e. The number of morpholine rings is 1. The third-order valence-electron chi connectivity index (χ3n) is 4.63. The number of amides is 1. The molecule has 3 aromatic rings. The maximum atomic E-state index is 12.4. The van der Waals surface area contributed by atoms with Crippen LogP contribution in [0.5, 0.6) is 5.75 Å². The van der Waals surface area contributed by atoms with E-state index in [0.29, 0.717) is 10.9 Å². The van der Waals surface area contributed by atoms with Crippen molar-refractivity contribution in [3.05, 3.63) is 50.9 Å². The first-order chi connectivity index (χ1) is 14.5. The van der Waals surface area contributed by atoms with Crippen molar-refractivity contribution in [2.75, 3.05) is 43.6 Å². The highest BCUT2D eigenvalue weighted by Crippen LogP contribution is 2.34. The van der Waals surface area contributed by atoms with Crippen LogP contribution in [0, 0.1) is 0 Å². The summed E-state index contributed by atoms with van der Waals surface area (Å²) in [5.74, 6) is 0.415. The zero-order valence-electron chi connectivity index (χ0n) is 16.2. The molecule has 4 rings (SSSR count). The quantitative estimate of drug-likeness (QED) is 0.434. The molecule has 0 bridgehead atoms. The average molecular weight is 553 g/mol. The standard InChI is InChI=1S/C21H19Br2N3O3S/c1-28-20-13(10-14(22)11-16(20)23)2-5-19(27)25-21-24-17-4-3-15(12-18(17)30-21)26-6-8-29-9-7-26/h2-5,10-12H,6-9H2,1H3,(H,24,25,27)/b5-2+. The maximum absolute atomic E-state index is 12.4. The first-order valence-electron chi connectivity index (χ1n) is 9.29. The molecule has 1 N–H and O–H groups in total. The van der Waals surface area contributed by atoms with Crippen LogP contribution in [0.3, 0.4) is 0 Å². The van der Waals surface area contributed by atoms with Gasteiger partial charge in [0.05, 0.1) is 35.0 Å². The molecule has 0 atom stereocenters. The van der Waals surface area contributed by atoms with Gasteiger partial charge < -0.3 is 14.4 Å². The van der Waals surface area contributed by atoms with Crippen molar-refractivity contribution in [2.45, 2.75) is 0 Å². The molecule has 156 valence electrons. The van der Waals surface area contributed by atoms with Gasteiger partial charge in [-0.15, -0.1) is 0 Å². The summed E-state index contributed by atoms with van der Waals surface area (Å²) >= 11 is 8.38. The van der Waals surface area contributed by atoms with E-state index in [1.54, 1.807) is 13.2 Å². The molecule has 0 spiro atoms. The fraction of sp³-hybridized carbons (Fsp3) is 0.238. The number of ether oxygens (including phenoxy) is 2. The zero-order valence-corrected chi connectivity index (χ0v) is 20.1. The SMILES string of the molecule is COc1c(Br)cc(Br)cc1/C=C/C(=O)Nc1nc2ccc(N3CCOCC3)cc2s1. The highest BCUT2D eigenvalue weighted by atomic mass is 79.9. The molecule has 2 aromatic carbocycles. The minimum atomic E-state index is -0.249. The van der Waals surface area contributed by atoms with Crippen molar-refractivity contribution in [1.82, 2.24) is 4.98 Å². The second kappa shape index (κ2) is 9.47. The fourth-order valence-corrected chi connectivity index (χ4v) is 5.54. The van der Waals surface area contributed by atoms with Crippen LogP contribution in [0.25, 0.3) is 16.3 Å². The molecule has 30 heavy (non-hydrogen) atoms. The minimum Gasteiger partial charge on any atom is -0.495 e. The number of methoxy groups -OCH3 is 1. The van der Waals surface area contributed by atoms with E-state index in [0.717, 1.165) is 56.7 Å². The molecule has 1 fully saturated rings. The van der Waals surface area contributed by atoms with Crippen LogP contribution in [0.4, 0.5) is 10.8 Å².